The van der Waals surface area contributed by atoms with Crippen LogP contribution in [-0.4, -0.2) is 45.0 Å². The predicted molar refractivity (Wildman–Crippen MR) is 70.9 cm³/mol. The number of aryl methyl sites for hydroxylation is 1. The number of hydrogen-bond acceptors (Lipinski definition) is 4. The average Bonchev–Trinajstić information content (AvgIpc) is 2.87. The molecule has 0 radical (unpaired) electrons. The first-order valence-electron chi connectivity index (χ1n) is 6.31. The van der Waals surface area contributed by atoms with Gasteiger partial charge >= 0.3 is 6.03 Å². The first-order chi connectivity index (χ1) is 9.35. The molecule has 0 spiro atoms. The number of amides is 4. The number of hydrogen-bond donors (Lipinski definition) is 3. The number of imide groups is 1. The van der Waals surface area contributed by atoms with Crippen LogP contribution in [0.15, 0.2) is 6.20 Å². The Morgan fingerprint density at radius 2 is 2.15 bits per heavy atom. The van der Waals surface area contributed by atoms with E-state index in [2.05, 4.69) is 20.8 Å². The van der Waals surface area contributed by atoms with Crippen molar-refractivity contribution >= 4 is 23.7 Å². The quantitative estimate of drug-likeness (QED) is 0.686. The molecule has 1 aromatic heterocycles. The van der Waals surface area contributed by atoms with Gasteiger partial charge in [-0.05, 0) is 20.3 Å². The highest BCUT2D eigenvalue weighted by atomic mass is 16.2. The summed E-state index contributed by atoms with van der Waals surface area (Å²) in [5, 5.41) is 11.6. The smallest absolute Gasteiger partial charge is 0.324 e. The van der Waals surface area contributed by atoms with Gasteiger partial charge in [-0.2, -0.15) is 5.10 Å². The van der Waals surface area contributed by atoms with Crippen LogP contribution in [0, 0.1) is 0 Å². The Hall–Kier alpha value is -2.38. The van der Waals surface area contributed by atoms with Crippen LogP contribution in [0.2, 0.25) is 0 Å². The first kappa shape index (κ1) is 14.0. The van der Waals surface area contributed by atoms with Crippen LogP contribution >= 0.6 is 0 Å². The molecule has 1 saturated heterocycles. The molecule has 4 amide bonds. The van der Waals surface area contributed by atoms with Gasteiger partial charge in [-0.15, -0.1) is 0 Å². The van der Waals surface area contributed by atoms with E-state index < -0.39 is 23.4 Å². The topological polar surface area (TPSA) is 107 Å². The van der Waals surface area contributed by atoms with E-state index in [-0.39, 0.29) is 6.54 Å². The number of urea groups is 1. The van der Waals surface area contributed by atoms with E-state index in [1.54, 1.807) is 20.0 Å². The van der Waals surface area contributed by atoms with E-state index in [4.69, 9.17) is 0 Å². The fourth-order valence-electron chi connectivity index (χ4n) is 1.97. The molecule has 1 fully saturated rings. The fraction of sp³-hybridized carbons (Fsp3) is 0.500. The van der Waals surface area contributed by atoms with Crippen molar-refractivity contribution in [3.8, 4) is 0 Å². The third-order valence-corrected chi connectivity index (χ3v) is 3.11. The zero-order valence-electron chi connectivity index (χ0n) is 11.6. The maximum Gasteiger partial charge on any atom is 0.325 e. The molecule has 8 nitrogen and oxygen atoms in total. The summed E-state index contributed by atoms with van der Waals surface area (Å²) in [5.74, 6) is -0.382. The van der Waals surface area contributed by atoms with Crippen molar-refractivity contribution in [1.82, 2.24) is 20.4 Å². The second kappa shape index (κ2) is 4.95. The highest BCUT2D eigenvalue weighted by Gasteiger charge is 2.44. The van der Waals surface area contributed by atoms with E-state index in [0.29, 0.717) is 12.2 Å². The minimum atomic E-state index is -0.972. The molecule has 0 atom stereocenters. The monoisotopic (exact) mass is 279 g/mol. The first-order valence-corrected chi connectivity index (χ1v) is 6.31. The molecule has 2 rings (SSSR count). The van der Waals surface area contributed by atoms with Crippen molar-refractivity contribution in [1.29, 1.82) is 0 Å². The van der Waals surface area contributed by atoms with E-state index in [0.717, 1.165) is 10.5 Å². The summed E-state index contributed by atoms with van der Waals surface area (Å²) in [6.07, 6.45) is 2.33. The van der Waals surface area contributed by atoms with Gasteiger partial charge in [0.25, 0.3) is 5.91 Å². The number of H-pyrrole nitrogens is 1. The second-order valence-corrected chi connectivity index (χ2v) is 5.12. The Morgan fingerprint density at radius 3 is 2.70 bits per heavy atom. The van der Waals surface area contributed by atoms with Gasteiger partial charge in [-0.1, -0.05) is 6.92 Å². The van der Waals surface area contributed by atoms with Gasteiger partial charge in [0.05, 0.1) is 6.20 Å². The van der Waals surface area contributed by atoms with Gasteiger partial charge in [0.15, 0.2) is 0 Å². The van der Waals surface area contributed by atoms with Crippen molar-refractivity contribution in [2.75, 3.05) is 11.9 Å². The summed E-state index contributed by atoms with van der Waals surface area (Å²) in [6, 6.07) is -0.560. The summed E-state index contributed by atoms with van der Waals surface area (Å²) in [7, 11) is 0. The lowest BCUT2D eigenvalue weighted by molar-refractivity contribution is -0.132. The number of nitrogens with one attached hydrogen (secondary N) is 3. The number of nitrogens with zero attached hydrogens (tertiary/aromatic N) is 2. The third-order valence-electron chi connectivity index (χ3n) is 3.11. The van der Waals surface area contributed by atoms with Crippen LogP contribution in [0.25, 0.3) is 0 Å². The minimum Gasteiger partial charge on any atom is -0.324 e. The summed E-state index contributed by atoms with van der Waals surface area (Å²) in [5.41, 5.74) is -0.115. The Balaban J connectivity index is 2.02. The van der Waals surface area contributed by atoms with Gasteiger partial charge in [-0.3, -0.25) is 19.6 Å². The number of aromatic amines is 1. The van der Waals surface area contributed by atoms with Crippen molar-refractivity contribution in [2.24, 2.45) is 0 Å². The second-order valence-electron chi connectivity index (χ2n) is 5.12. The van der Waals surface area contributed by atoms with Crippen molar-refractivity contribution < 1.29 is 14.4 Å². The van der Waals surface area contributed by atoms with Gasteiger partial charge in [0.2, 0.25) is 5.91 Å². The molecular weight excluding hydrogens is 262 g/mol. The van der Waals surface area contributed by atoms with E-state index in [1.165, 1.54) is 0 Å². The summed E-state index contributed by atoms with van der Waals surface area (Å²) in [6.45, 7) is 4.79. The van der Waals surface area contributed by atoms with Gasteiger partial charge in [0, 0.05) is 5.56 Å². The molecule has 0 saturated carbocycles. The molecule has 0 aliphatic carbocycles. The summed E-state index contributed by atoms with van der Waals surface area (Å²) >= 11 is 0. The Kier molecular flexibility index (Phi) is 3.47. The average molecular weight is 279 g/mol. The molecule has 0 aromatic carbocycles. The molecule has 3 N–H and O–H groups in total. The number of carbonyl (C=O) groups is 3. The molecule has 8 heteroatoms. The standard InChI is InChI=1S/C12H17N5O3/c1-4-7-5-13-16-9(7)14-8(18)6-17-10(19)12(2,3)15-11(17)20/h5H,4,6H2,1-3H3,(H,15,20)(H2,13,14,16,18). The number of aromatic nitrogens is 2. The molecule has 2 heterocycles. The molecule has 1 aromatic rings. The van der Waals surface area contributed by atoms with Crippen molar-refractivity contribution in [3.05, 3.63) is 11.8 Å². The van der Waals surface area contributed by atoms with Gasteiger partial charge in [0.1, 0.15) is 17.9 Å². The van der Waals surface area contributed by atoms with E-state index in [9.17, 15) is 14.4 Å². The lowest BCUT2D eigenvalue weighted by Crippen LogP contribution is -2.41. The zero-order valence-corrected chi connectivity index (χ0v) is 11.6. The van der Waals surface area contributed by atoms with Crippen LogP contribution in [0.1, 0.15) is 26.3 Å². The van der Waals surface area contributed by atoms with Crippen LogP contribution in [0.5, 0.6) is 0 Å². The third kappa shape index (κ3) is 2.49. The van der Waals surface area contributed by atoms with Crippen molar-refractivity contribution in [3.63, 3.8) is 0 Å². The van der Waals surface area contributed by atoms with Crippen LogP contribution < -0.4 is 10.6 Å². The minimum absolute atomic E-state index is 0.323. The largest absolute Gasteiger partial charge is 0.325 e. The van der Waals surface area contributed by atoms with Crippen LogP contribution in [0.4, 0.5) is 10.6 Å². The summed E-state index contributed by atoms with van der Waals surface area (Å²) < 4.78 is 0. The molecule has 1 aliphatic heterocycles. The molecule has 108 valence electrons. The predicted octanol–water partition coefficient (Wildman–Crippen LogP) is 0.241. The highest BCUT2D eigenvalue weighted by Crippen LogP contribution is 2.17. The highest BCUT2D eigenvalue weighted by molar-refractivity contribution is 6.09. The van der Waals surface area contributed by atoms with E-state index >= 15 is 0 Å². The van der Waals surface area contributed by atoms with Crippen LogP contribution in [-0.2, 0) is 16.0 Å². The number of carbonyl (C=O) groups excluding carboxylic acids is 3. The lowest BCUT2D eigenvalue weighted by atomic mass is 10.1. The maximum atomic E-state index is 11.9. The molecular formula is C12H17N5O3. The number of anilines is 1. The maximum absolute atomic E-state index is 11.9. The van der Waals surface area contributed by atoms with E-state index in [1.807, 2.05) is 6.92 Å². The lowest BCUT2D eigenvalue weighted by Gasteiger charge is -2.15. The SMILES string of the molecule is CCc1cn[nH]c1NC(=O)CN1C(=O)NC(C)(C)C1=O. The molecule has 0 bridgehead atoms. The van der Waals surface area contributed by atoms with Gasteiger partial charge in [-0.25, -0.2) is 4.79 Å². The van der Waals surface area contributed by atoms with Crippen LogP contribution in [0.3, 0.4) is 0 Å². The molecule has 1 aliphatic rings. The zero-order chi connectivity index (χ0) is 14.9. The molecule has 0 unspecified atom stereocenters. The number of rotatable bonds is 4. The molecule has 20 heavy (non-hydrogen) atoms. The van der Waals surface area contributed by atoms with Crippen molar-refractivity contribution in [2.45, 2.75) is 32.7 Å². The Morgan fingerprint density at radius 1 is 1.45 bits per heavy atom. The summed E-state index contributed by atoms with van der Waals surface area (Å²) in [4.78, 5) is 36.4. The Bertz CT molecular complexity index is 563. The fourth-order valence-corrected chi connectivity index (χ4v) is 1.97. The van der Waals surface area contributed by atoms with Gasteiger partial charge < -0.3 is 10.6 Å². The normalized spacial score (nSPS) is 17.2. The Labute approximate surface area is 115 Å².